The van der Waals surface area contributed by atoms with Crippen molar-refractivity contribution in [2.45, 2.75) is 104 Å². The van der Waals surface area contributed by atoms with Gasteiger partial charge in [0, 0.05) is 12.2 Å². The second-order valence-corrected chi connectivity index (χ2v) is 8.96. The predicted molar refractivity (Wildman–Crippen MR) is 131 cm³/mol. The van der Waals surface area contributed by atoms with Gasteiger partial charge in [-0.1, -0.05) is 127 Å². The highest BCUT2D eigenvalue weighted by molar-refractivity contribution is 8.14. The first-order chi connectivity index (χ1) is 13.9. The van der Waals surface area contributed by atoms with E-state index in [0.29, 0.717) is 0 Å². The van der Waals surface area contributed by atoms with Gasteiger partial charge in [-0.05, 0) is 24.3 Å². The first kappa shape index (κ1) is 25.1. The van der Waals surface area contributed by atoms with Crippen molar-refractivity contribution >= 4 is 22.6 Å². The molecule has 160 valence electrons. The number of amidine groups is 1. The van der Waals surface area contributed by atoms with E-state index in [1.54, 1.807) is 11.8 Å². The van der Waals surface area contributed by atoms with Gasteiger partial charge in [-0.2, -0.15) is 0 Å². The Balaban J connectivity index is 1.94. The van der Waals surface area contributed by atoms with E-state index in [1.807, 2.05) is 6.07 Å². The van der Waals surface area contributed by atoms with Crippen LogP contribution < -0.4 is 5.32 Å². The van der Waals surface area contributed by atoms with Crippen molar-refractivity contribution in [3.8, 4) is 0 Å². The van der Waals surface area contributed by atoms with Gasteiger partial charge in [-0.25, -0.2) is 0 Å². The zero-order valence-corrected chi connectivity index (χ0v) is 19.4. The molecule has 28 heavy (non-hydrogen) atoms. The summed E-state index contributed by atoms with van der Waals surface area (Å²) >= 11 is 1.80. The number of thioether (sulfide) groups is 1. The Hall–Kier alpha value is -0.960. The molecular formula is C25H44N2S. The molecule has 0 radical (unpaired) electrons. The summed E-state index contributed by atoms with van der Waals surface area (Å²) in [5, 5.41) is 4.50. The zero-order valence-electron chi connectivity index (χ0n) is 18.6. The lowest BCUT2D eigenvalue weighted by Crippen LogP contribution is -2.09. The molecule has 1 rings (SSSR count). The fourth-order valence-corrected chi connectivity index (χ4v) is 4.04. The molecule has 0 fully saturated rings. The van der Waals surface area contributed by atoms with Crippen LogP contribution in [0.2, 0.25) is 0 Å². The number of benzene rings is 1. The highest BCUT2D eigenvalue weighted by Gasteiger charge is 1.99. The summed E-state index contributed by atoms with van der Waals surface area (Å²) in [4.78, 5) is 4.77. The van der Waals surface area contributed by atoms with Gasteiger partial charge in [0.2, 0.25) is 0 Å². The fraction of sp³-hybridized carbons (Fsp3) is 0.720. The number of hydrogen-bond donors (Lipinski definition) is 1. The zero-order chi connectivity index (χ0) is 20.1. The third kappa shape index (κ3) is 15.0. The normalized spacial score (nSPS) is 11.7. The Morgan fingerprint density at radius 3 is 1.71 bits per heavy atom. The minimum atomic E-state index is 0.945. The first-order valence-electron chi connectivity index (χ1n) is 11.9. The van der Waals surface area contributed by atoms with E-state index in [9.17, 15) is 0 Å². The maximum Gasteiger partial charge on any atom is 0.161 e. The molecule has 0 saturated carbocycles. The SMILES string of the molecule is CCCCCCCCCCCCCCCCN=C(Nc1ccccc1)SCC. The van der Waals surface area contributed by atoms with Crippen molar-refractivity contribution < 1.29 is 0 Å². The third-order valence-corrected chi connectivity index (χ3v) is 5.87. The van der Waals surface area contributed by atoms with Gasteiger partial charge in [-0.3, -0.25) is 4.99 Å². The number of nitrogens with zero attached hydrogens (tertiary/aromatic N) is 1. The molecule has 3 heteroatoms. The molecule has 0 aliphatic rings. The van der Waals surface area contributed by atoms with E-state index in [4.69, 9.17) is 4.99 Å². The van der Waals surface area contributed by atoms with Crippen LogP contribution in [0.25, 0.3) is 0 Å². The Labute approximate surface area is 179 Å². The Morgan fingerprint density at radius 2 is 1.21 bits per heavy atom. The third-order valence-electron chi connectivity index (χ3n) is 5.07. The molecule has 0 unspecified atom stereocenters. The molecule has 1 aromatic rings. The van der Waals surface area contributed by atoms with Crippen LogP contribution in [0.5, 0.6) is 0 Å². The van der Waals surface area contributed by atoms with Crippen molar-refractivity contribution in [3.05, 3.63) is 30.3 Å². The second kappa shape index (κ2) is 19.4. The van der Waals surface area contributed by atoms with Crippen molar-refractivity contribution in [1.29, 1.82) is 0 Å². The number of rotatable bonds is 17. The molecule has 0 aliphatic heterocycles. The summed E-state index contributed by atoms with van der Waals surface area (Å²) in [6, 6.07) is 10.4. The van der Waals surface area contributed by atoms with Crippen LogP contribution >= 0.6 is 11.8 Å². The molecule has 0 atom stereocenters. The van der Waals surface area contributed by atoms with Gasteiger partial charge in [0.1, 0.15) is 0 Å². The monoisotopic (exact) mass is 404 g/mol. The van der Waals surface area contributed by atoms with Crippen LogP contribution in [0, 0.1) is 0 Å². The molecule has 0 aliphatic carbocycles. The smallest absolute Gasteiger partial charge is 0.161 e. The van der Waals surface area contributed by atoms with Gasteiger partial charge in [0.25, 0.3) is 0 Å². The quantitative estimate of drug-likeness (QED) is 0.159. The highest BCUT2D eigenvalue weighted by Crippen LogP contribution is 2.14. The Kier molecular flexibility index (Phi) is 17.3. The van der Waals surface area contributed by atoms with Crippen molar-refractivity contribution in [3.63, 3.8) is 0 Å². The largest absolute Gasteiger partial charge is 0.335 e. The Morgan fingerprint density at radius 1 is 0.714 bits per heavy atom. The van der Waals surface area contributed by atoms with Crippen LogP contribution in [0.15, 0.2) is 35.3 Å². The van der Waals surface area contributed by atoms with E-state index in [2.05, 4.69) is 43.4 Å². The number of anilines is 1. The number of aliphatic imine (C=N–C) groups is 1. The number of unbranched alkanes of at least 4 members (excludes halogenated alkanes) is 13. The molecule has 1 N–H and O–H groups in total. The van der Waals surface area contributed by atoms with E-state index in [-0.39, 0.29) is 0 Å². The van der Waals surface area contributed by atoms with Gasteiger partial charge >= 0.3 is 0 Å². The van der Waals surface area contributed by atoms with Gasteiger partial charge < -0.3 is 5.32 Å². The van der Waals surface area contributed by atoms with E-state index < -0.39 is 0 Å². The topological polar surface area (TPSA) is 24.4 Å². The summed E-state index contributed by atoms with van der Waals surface area (Å²) in [7, 11) is 0. The van der Waals surface area contributed by atoms with Crippen molar-refractivity contribution in [2.24, 2.45) is 4.99 Å². The molecule has 1 aromatic carbocycles. The lowest BCUT2D eigenvalue weighted by atomic mass is 10.0. The van der Waals surface area contributed by atoms with Crippen LogP contribution in [-0.4, -0.2) is 17.5 Å². The van der Waals surface area contributed by atoms with Crippen molar-refractivity contribution in [2.75, 3.05) is 17.6 Å². The minimum absolute atomic E-state index is 0.945. The highest BCUT2D eigenvalue weighted by atomic mass is 32.2. The van der Waals surface area contributed by atoms with Gasteiger partial charge in [0.15, 0.2) is 5.17 Å². The van der Waals surface area contributed by atoms with Crippen LogP contribution in [0.3, 0.4) is 0 Å². The molecule has 0 saturated heterocycles. The van der Waals surface area contributed by atoms with Crippen LogP contribution in [-0.2, 0) is 0 Å². The molecule has 0 bridgehead atoms. The average molecular weight is 405 g/mol. The van der Waals surface area contributed by atoms with E-state index in [0.717, 1.165) is 23.2 Å². The predicted octanol–water partition coefficient (Wildman–Crippen LogP) is 8.69. The summed E-state index contributed by atoms with van der Waals surface area (Å²) < 4.78 is 0. The fourth-order valence-electron chi connectivity index (χ4n) is 3.39. The average Bonchev–Trinajstić information content (AvgIpc) is 2.71. The van der Waals surface area contributed by atoms with Gasteiger partial charge in [0.05, 0.1) is 0 Å². The van der Waals surface area contributed by atoms with Crippen LogP contribution in [0.4, 0.5) is 5.69 Å². The molecular weight excluding hydrogens is 360 g/mol. The van der Waals surface area contributed by atoms with E-state index >= 15 is 0 Å². The summed E-state index contributed by atoms with van der Waals surface area (Å²) in [6.45, 7) is 5.42. The van der Waals surface area contributed by atoms with E-state index in [1.165, 1.54) is 89.9 Å². The number of para-hydroxylation sites is 1. The van der Waals surface area contributed by atoms with Gasteiger partial charge in [-0.15, -0.1) is 0 Å². The molecule has 0 aromatic heterocycles. The lowest BCUT2D eigenvalue weighted by molar-refractivity contribution is 0.536. The first-order valence-corrected chi connectivity index (χ1v) is 12.8. The second-order valence-electron chi connectivity index (χ2n) is 7.71. The molecule has 0 amide bonds. The number of nitrogens with one attached hydrogen (secondary N) is 1. The maximum absolute atomic E-state index is 4.77. The summed E-state index contributed by atoms with van der Waals surface area (Å²) in [6.07, 6.45) is 19.6. The standard InChI is InChI=1S/C25H44N2S/c1-3-5-6-7-8-9-10-11-12-13-14-15-16-20-23-26-25(28-4-2)27-24-21-18-17-19-22-24/h17-19,21-22H,3-16,20,23H2,1-2H3,(H,26,27). The number of hydrogen-bond acceptors (Lipinski definition) is 2. The summed E-state index contributed by atoms with van der Waals surface area (Å²) in [5.74, 6) is 1.05. The molecule has 0 spiro atoms. The summed E-state index contributed by atoms with van der Waals surface area (Å²) in [5.41, 5.74) is 1.13. The lowest BCUT2D eigenvalue weighted by Gasteiger charge is -2.08. The molecule has 0 heterocycles. The Bertz CT molecular complexity index is 473. The molecule has 2 nitrogen and oxygen atoms in total. The minimum Gasteiger partial charge on any atom is -0.335 e. The van der Waals surface area contributed by atoms with Crippen molar-refractivity contribution in [1.82, 2.24) is 0 Å². The maximum atomic E-state index is 4.77. The van der Waals surface area contributed by atoms with Crippen LogP contribution in [0.1, 0.15) is 104 Å².